The molecule has 1 aromatic carbocycles. The first-order valence-electron chi connectivity index (χ1n) is 5.45. The van der Waals surface area contributed by atoms with Gasteiger partial charge in [-0.15, -0.1) is 0 Å². The number of hydrogen-bond donors (Lipinski definition) is 0. The fourth-order valence-corrected chi connectivity index (χ4v) is 3.44. The van der Waals surface area contributed by atoms with Crippen LogP contribution in [0.25, 0.3) is 0 Å². The van der Waals surface area contributed by atoms with E-state index in [1.54, 1.807) is 0 Å². The fraction of sp³-hybridized carbons (Fsp3) is 0.125. The zero-order valence-corrected chi connectivity index (χ0v) is 12.5. The summed E-state index contributed by atoms with van der Waals surface area (Å²) < 4.78 is 1.63. The first-order valence-corrected chi connectivity index (χ1v) is 7.81. The first-order chi connectivity index (χ1) is 10.3. The molecule has 0 saturated carbocycles. The van der Waals surface area contributed by atoms with Crippen molar-refractivity contribution in [3.8, 4) is 0 Å². The largest absolute Gasteiger partial charge is 0.281 e. The summed E-state index contributed by atoms with van der Waals surface area (Å²) in [6.07, 6.45) is 7.21. The van der Waals surface area contributed by atoms with Crippen LogP contribution in [0.15, 0.2) is 53.0 Å². The van der Waals surface area contributed by atoms with Gasteiger partial charge in [0.15, 0.2) is 0 Å². The van der Waals surface area contributed by atoms with Gasteiger partial charge in [-0.05, 0) is 0 Å². The molecule has 1 aliphatic carbocycles. The van der Waals surface area contributed by atoms with E-state index in [-0.39, 0.29) is 0 Å². The van der Waals surface area contributed by atoms with Crippen LogP contribution < -0.4 is 0 Å². The SMILES string of the molecule is [CH3][Mn]([C](=O)c1ccccc1)[C]1=CC=CC1.[C]=O.[C]=O.[C]=O. The van der Waals surface area contributed by atoms with Gasteiger partial charge in [0, 0.05) is 0 Å². The van der Waals surface area contributed by atoms with Gasteiger partial charge in [0.2, 0.25) is 0 Å². The molecule has 0 spiro atoms. The van der Waals surface area contributed by atoms with Crippen molar-refractivity contribution in [2.45, 2.75) is 12.2 Å². The smallest absolute Gasteiger partial charge is 0.281 e. The van der Waals surface area contributed by atoms with Crippen LogP contribution in [0.5, 0.6) is 0 Å². The molecule has 6 radical (unpaired) electrons. The number of carbonyl (C=O) groups excluding carboxylic acids is 4. The maximum absolute atomic E-state index is 12.1. The van der Waals surface area contributed by atoms with Gasteiger partial charge in [-0.25, -0.2) is 0 Å². The molecule has 4 nitrogen and oxygen atoms in total. The molecule has 1 aromatic rings. The second-order valence-electron chi connectivity index (χ2n) is 3.36. The molecule has 0 unspecified atom stereocenters. The van der Waals surface area contributed by atoms with Gasteiger partial charge < -0.3 is 0 Å². The van der Waals surface area contributed by atoms with E-state index < -0.39 is 13.9 Å². The van der Waals surface area contributed by atoms with E-state index in [1.807, 2.05) is 36.4 Å². The molecule has 0 heterocycles. The van der Waals surface area contributed by atoms with Crippen molar-refractivity contribution in [1.82, 2.24) is 0 Å². The van der Waals surface area contributed by atoms with E-state index in [9.17, 15) is 4.79 Å². The Kier molecular flexibility index (Phi) is 14.4. The molecular weight excluding hydrogens is 311 g/mol. The van der Waals surface area contributed by atoms with Crippen molar-refractivity contribution < 1.29 is 33.1 Å². The summed E-state index contributed by atoms with van der Waals surface area (Å²) in [4.78, 5) is 34.6. The average Bonchev–Trinajstić information content (AvgIpc) is 3.14. The van der Waals surface area contributed by atoms with Crippen molar-refractivity contribution >= 4 is 25.0 Å². The summed E-state index contributed by atoms with van der Waals surface area (Å²) in [5.74, 6) is 2.08. The molecule has 1 aliphatic rings. The summed E-state index contributed by atoms with van der Waals surface area (Å²) in [6.45, 7) is 13.5. The molecule has 5 heteroatoms. The quantitative estimate of drug-likeness (QED) is 0.799. The minimum Gasteiger partial charge on any atom is -0.281 e. The predicted molar refractivity (Wildman–Crippen MR) is 75.6 cm³/mol. The molecule has 2 rings (SSSR count). The molecule has 0 saturated heterocycles. The zero-order valence-electron chi connectivity index (χ0n) is 11.3. The number of rotatable bonds is 3. The third-order valence-electron chi connectivity index (χ3n) is 2.35. The summed E-state index contributed by atoms with van der Waals surface area (Å²) >= 11 is -1.06. The minimum absolute atomic E-state index is 0.318. The first kappa shape index (κ1) is 21.2. The van der Waals surface area contributed by atoms with Crippen LogP contribution in [0.2, 0.25) is 5.82 Å². The van der Waals surface area contributed by atoms with E-state index in [2.05, 4.69) is 38.3 Å². The van der Waals surface area contributed by atoms with E-state index in [1.165, 1.54) is 4.47 Å². The van der Waals surface area contributed by atoms with Crippen LogP contribution in [0, 0.1) is 0 Å². The molecule has 21 heavy (non-hydrogen) atoms. The molecule has 0 fully saturated rings. The van der Waals surface area contributed by atoms with Crippen molar-refractivity contribution in [2.24, 2.45) is 0 Å². The zero-order chi connectivity index (χ0) is 16.7. The Balaban J connectivity index is 0. The van der Waals surface area contributed by atoms with Gasteiger partial charge in [-0.2, -0.15) is 0 Å². The number of hydrogen-bond acceptors (Lipinski definition) is 4. The normalized spacial score (nSPS) is 11.3. The summed E-state index contributed by atoms with van der Waals surface area (Å²) in [5, 5.41) is 0. The molecule has 0 aliphatic heterocycles. The van der Waals surface area contributed by atoms with Gasteiger partial charge >= 0.3 is 94.2 Å². The second-order valence-corrected chi connectivity index (χ2v) is 6.13. The van der Waals surface area contributed by atoms with Crippen LogP contribution in [-0.4, -0.2) is 25.0 Å². The Hall–Kier alpha value is -2.10. The molecule has 0 N–H and O–H groups in total. The van der Waals surface area contributed by atoms with E-state index in [4.69, 9.17) is 14.4 Å². The Morgan fingerprint density at radius 1 is 1.00 bits per heavy atom. The third kappa shape index (κ3) is 7.30. The van der Waals surface area contributed by atoms with Crippen molar-refractivity contribution in [3.05, 3.63) is 58.6 Å². The van der Waals surface area contributed by atoms with Crippen molar-refractivity contribution in [2.75, 3.05) is 0 Å². The van der Waals surface area contributed by atoms with Gasteiger partial charge in [-0.3, -0.25) is 14.4 Å². The van der Waals surface area contributed by atoms with Gasteiger partial charge in [0.25, 0.3) is 20.4 Å². The average molecular weight is 324 g/mol. The fourth-order valence-electron chi connectivity index (χ4n) is 1.47. The predicted octanol–water partition coefficient (Wildman–Crippen LogP) is 2.15. The Bertz CT molecular complexity index is 464. The Morgan fingerprint density at radius 2 is 1.52 bits per heavy atom. The Morgan fingerprint density at radius 3 is 1.95 bits per heavy atom. The van der Waals surface area contributed by atoms with Crippen LogP contribution in [-0.2, 0) is 28.3 Å². The minimum atomic E-state index is -1.06. The van der Waals surface area contributed by atoms with E-state index >= 15 is 0 Å². The topological polar surface area (TPSA) is 68.3 Å². The maximum atomic E-state index is 12.1. The van der Waals surface area contributed by atoms with Gasteiger partial charge in [-0.1, -0.05) is 0 Å². The van der Waals surface area contributed by atoms with E-state index in [0.29, 0.717) is 4.68 Å². The summed E-state index contributed by atoms with van der Waals surface area (Å²) in [6, 6.07) is 9.59. The van der Waals surface area contributed by atoms with Gasteiger partial charge in [0.1, 0.15) is 0 Å². The molecule has 0 bridgehead atoms. The molecular formula is C16H13MnO4. The third-order valence-corrected chi connectivity index (χ3v) is 5.07. The van der Waals surface area contributed by atoms with Crippen molar-refractivity contribution in [1.29, 1.82) is 0 Å². The molecule has 108 valence electrons. The monoisotopic (exact) mass is 324 g/mol. The van der Waals surface area contributed by atoms with Crippen LogP contribution in [0.1, 0.15) is 16.8 Å². The molecule has 0 aromatic heterocycles. The van der Waals surface area contributed by atoms with Gasteiger partial charge in [0.05, 0.1) is 0 Å². The van der Waals surface area contributed by atoms with E-state index in [0.717, 1.165) is 12.0 Å². The Labute approximate surface area is 129 Å². The summed E-state index contributed by atoms with van der Waals surface area (Å²) in [5.41, 5.74) is 0.850. The number of carbonyl (C=O) groups is 1. The van der Waals surface area contributed by atoms with Crippen molar-refractivity contribution in [3.63, 3.8) is 0 Å². The van der Waals surface area contributed by atoms with Crippen LogP contribution >= 0.6 is 0 Å². The standard InChI is InChI=1S/C7H5O.C5H5.3CO.CH3.Mn/c8-6-7-4-2-1-3-5-7;1-2-4-5-3-1;3*1-2;;/h1-5H;1-3H,4H2;;;;1H3;. The molecule has 0 amide bonds. The molecule has 0 atom stereocenters. The number of allylic oxidation sites excluding steroid dienone is 4. The van der Waals surface area contributed by atoms with Crippen LogP contribution in [0.4, 0.5) is 0 Å². The number of benzene rings is 1. The summed E-state index contributed by atoms with van der Waals surface area (Å²) in [7, 11) is 0. The van der Waals surface area contributed by atoms with Crippen LogP contribution in [0.3, 0.4) is 0 Å². The second kappa shape index (κ2) is 14.3. The maximum Gasteiger partial charge on any atom is 0.281 e.